The van der Waals surface area contributed by atoms with Crippen molar-refractivity contribution in [1.82, 2.24) is 9.88 Å². The molecule has 10 heteroatoms. The van der Waals surface area contributed by atoms with Gasteiger partial charge in [-0.2, -0.15) is 0 Å². The van der Waals surface area contributed by atoms with Gasteiger partial charge in [0.1, 0.15) is 5.57 Å². The van der Waals surface area contributed by atoms with E-state index in [9.17, 15) is 34.2 Å². The van der Waals surface area contributed by atoms with E-state index in [-0.39, 0.29) is 16.7 Å². The van der Waals surface area contributed by atoms with E-state index in [1.165, 1.54) is 18.2 Å². The van der Waals surface area contributed by atoms with Crippen molar-refractivity contribution < 1.29 is 34.2 Å². The molecule has 2 aromatic carbocycles. The molecule has 10 nitrogen and oxygen atoms in total. The van der Waals surface area contributed by atoms with Gasteiger partial charge in [0.2, 0.25) is 0 Å². The zero-order valence-corrected chi connectivity index (χ0v) is 19.5. The van der Waals surface area contributed by atoms with Crippen LogP contribution in [0.5, 0.6) is 0 Å². The van der Waals surface area contributed by atoms with Crippen LogP contribution in [0.15, 0.2) is 54.1 Å². The molecule has 0 saturated carbocycles. The Kier molecular flexibility index (Phi) is 6.03. The number of amides is 4. The average Bonchev–Trinajstić information content (AvgIpc) is 3.08. The van der Waals surface area contributed by atoms with E-state index in [0.29, 0.717) is 28.3 Å². The first-order valence-corrected chi connectivity index (χ1v) is 10.8. The molecule has 0 aliphatic carbocycles. The van der Waals surface area contributed by atoms with Crippen molar-refractivity contribution in [2.45, 2.75) is 20.8 Å². The molecular weight excluding hydrogens is 466 g/mol. The highest BCUT2D eigenvalue weighted by Crippen LogP contribution is 2.27. The molecule has 0 radical (unpaired) electrons. The minimum Gasteiger partial charge on any atom is -0.478 e. The van der Waals surface area contributed by atoms with E-state index in [4.69, 9.17) is 0 Å². The van der Waals surface area contributed by atoms with Crippen LogP contribution < -0.4 is 10.2 Å². The van der Waals surface area contributed by atoms with Crippen molar-refractivity contribution in [1.29, 1.82) is 0 Å². The van der Waals surface area contributed by atoms with Gasteiger partial charge in [0.15, 0.2) is 0 Å². The fourth-order valence-electron chi connectivity index (χ4n) is 4.13. The number of carbonyl (C=O) groups excluding carboxylic acids is 3. The predicted molar refractivity (Wildman–Crippen MR) is 129 cm³/mol. The number of barbiturate groups is 1. The summed E-state index contributed by atoms with van der Waals surface area (Å²) < 4.78 is 1.62. The van der Waals surface area contributed by atoms with Crippen LogP contribution in [0.25, 0.3) is 11.8 Å². The highest BCUT2D eigenvalue weighted by molar-refractivity contribution is 6.39. The smallest absolute Gasteiger partial charge is 0.335 e. The zero-order valence-electron chi connectivity index (χ0n) is 19.5. The molecule has 1 aliphatic rings. The summed E-state index contributed by atoms with van der Waals surface area (Å²) in [6.45, 7) is 5.21. The molecule has 0 unspecified atom stereocenters. The number of aryl methyl sites for hydroxylation is 2. The van der Waals surface area contributed by atoms with Gasteiger partial charge < -0.3 is 14.8 Å². The van der Waals surface area contributed by atoms with E-state index in [1.807, 2.05) is 13.0 Å². The molecule has 3 aromatic rings. The van der Waals surface area contributed by atoms with Gasteiger partial charge in [-0.15, -0.1) is 0 Å². The maximum atomic E-state index is 13.2. The Hall–Kier alpha value is -4.99. The summed E-state index contributed by atoms with van der Waals surface area (Å²) in [5.74, 6) is -4.20. The molecule has 1 aliphatic heterocycles. The standard InChI is InChI=1S/C26H21N3O7/c1-13-5-4-6-19(7-13)29-23(31)21(22(30)27-26(29)36)12-16-8-14(2)28(15(16)3)20-10-17(24(32)33)9-18(11-20)25(34)35/h4-12H,1-3H3,(H,32,33)(H,34,35)(H,27,30,36)/b21-12+. The Bertz CT molecular complexity index is 1480. The number of urea groups is 1. The number of aromatic nitrogens is 1. The molecule has 0 bridgehead atoms. The van der Waals surface area contributed by atoms with Gasteiger partial charge in [-0.1, -0.05) is 12.1 Å². The summed E-state index contributed by atoms with van der Waals surface area (Å²) >= 11 is 0. The molecule has 1 aromatic heterocycles. The van der Waals surface area contributed by atoms with Crippen LogP contribution in [0, 0.1) is 20.8 Å². The third-order valence-electron chi connectivity index (χ3n) is 5.80. The number of nitrogens with one attached hydrogen (secondary N) is 1. The van der Waals surface area contributed by atoms with E-state index in [2.05, 4.69) is 5.32 Å². The number of carboxylic acids is 2. The summed E-state index contributed by atoms with van der Waals surface area (Å²) in [5.41, 5.74) is 2.35. The molecule has 4 amide bonds. The second-order valence-electron chi connectivity index (χ2n) is 8.34. The van der Waals surface area contributed by atoms with Crippen molar-refractivity contribution in [2.24, 2.45) is 0 Å². The zero-order chi connectivity index (χ0) is 26.3. The van der Waals surface area contributed by atoms with E-state index >= 15 is 0 Å². The average molecular weight is 487 g/mol. The van der Waals surface area contributed by atoms with Gasteiger partial charge in [0, 0.05) is 17.1 Å². The molecule has 182 valence electrons. The number of hydrogen-bond acceptors (Lipinski definition) is 5. The molecule has 36 heavy (non-hydrogen) atoms. The highest BCUT2D eigenvalue weighted by Gasteiger charge is 2.37. The molecule has 1 fully saturated rings. The van der Waals surface area contributed by atoms with E-state index in [0.717, 1.165) is 16.5 Å². The fourth-order valence-corrected chi connectivity index (χ4v) is 4.13. The lowest BCUT2D eigenvalue weighted by molar-refractivity contribution is -0.122. The summed E-state index contributed by atoms with van der Waals surface area (Å²) in [6, 6.07) is 11.3. The van der Waals surface area contributed by atoms with Gasteiger partial charge in [-0.3, -0.25) is 14.9 Å². The van der Waals surface area contributed by atoms with Crippen molar-refractivity contribution in [2.75, 3.05) is 4.90 Å². The summed E-state index contributed by atoms with van der Waals surface area (Å²) in [5, 5.41) is 21.0. The Morgan fingerprint density at radius 2 is 1.50 bits per heavy atom. The minimum atomic E-state index is -1.28. The summed E-state index contributed by atoms with van der Waals surface area (Å²) in [7, 11) is 0. The van der Waals surface area contributed by atoms with E-state index in [1.54, 1.807) is 42.7 Å². The number of anilines is 1. The lowest BCUT2D eigenvalue weighted by atomic mass is 10.1. The van der Waals surface area contributed by atoms with Crippen LogP contribution in [0.1, 0.15) is 43.2 Å². The van der Waals surface area contributed by atoms with Crippen molar-refractivity contribution in [3.63, 3.8) is 0 Å². The largest absolute Gasteiger partial charge is 0.478 e. The first-order chi connectivity index (χ1) is 17.0. The van der Waals surface area contributed by atoms with Crippen molar-refractivity contribution >= 4 is 41.5 Å². The van der Waals surface area contributed by atoms with E-state index < -0.39 is 29.8 Å². The number of nitrogens with zero attached hydrogens (tertiary/aromatic N) is 2. The Morgan fingerprint density at radius 3 is 2.08 bits per heavy atom. The third-order valence-corrected chi connectivity index (χ3v) is 5.80. The monoisotopic (exact) mass is 487 g/mol. The van der Waals surface area contributed by atoms with Crippen molar-refractivity contribution in [3.05, 3.63) is 87.7 Å². The number of hydrogen-bond donors (Lipinski definition) is 3. The quantitative estimate of drug-likeness (QED) is 0.369. The van der Waals surface area contributed by atoms with Crippen LogP contribution in [0.2, 0.25) is 0 Å². The first kappa shape index (κ1) is 24.1. The third kappa shape index (κ3) is 4.27. The van der Waals surface area contributed by atoms with Gasteiger partial charge in [0.25, 0.3) is 11.8 Å². The topological polar surface area (TPSA) is 146 Å². The first-order valence-electron chi connectivity index (χ1n) is 10.8. The fraction of sp³-hybridized carbons (Fsp3) is 0.115. The van der Waals surface area contributed by atoms with Gasteiger partial charge >= 0.3 is 18.0 Å². The number of rotatable bonds is 5. The lowest BCUT2D eigenvalue weighted by Crippen LogP contribution is -2.54. The van der Waals surface area contributed by atoms with Crippen LogP contribution in [-0.4, -0.2) is 44.6 Å². The maximum absolute atomic E-state index is 13.2. The van der Waals surface area contributed by atoms with Crippen LogP contribution in [0.4, 0.5) is 10.5 Å². The molecule has 0 spiro atoms. The number of carbonyl (C=O) groups is 5. The second kappa shape index (κ2) is 8.99. The Balaban J connectivity index is 1.81. The molecule has 2 heterocycles. The number of carboxylic acid groups (broad SMARTS) is 2. The molecule has 0 atom stereocenters. The summed E-state index contributed by atoms with van der Waals surface area (Å²) in [4.78, 5) is 62.2. The van der Waals surface area contributed by atoms with Crippen LogP contribution >= 0.6 is 0 Å². The second-order valence-corrected chi connectivity index (χ2v) is 8.34. The molecular formula is C26H21N3O7. The van der Waals surface area contributed by atoms with Gasteiger partial charge in [-0.25, -0.2) is 19.3 Å². The number of aromatic carboxylic acids is 2. The lowest BCUT2D eigenvalue weighted by Gasteiger charge is -2.26. The normalized spacial score (nSPS) is 14.8. The molecule has 3 N–H and O–H groups in total. The van der Waals surface area contributed by atoms with Crippen LogP contribution in [0.3, 0.4) is 0 Å². The SMILES string of the molecule is Cc1cccc(N2C(=O)NC(=O)/C(=C\c3cc(C)n(-c4cc(C(=O)O)cc(C(=O)O)c4)c3C)C2=O)c1. The number of imide groups is 2. The van der Waals surface area contributed by atoms with Gasteiger partial charge in [-0.05, 0) is 74.4 Å². The maximum Gasteiger partial charge on any atom is 0.335 e. The number of benzene rings is 2. The molecule has 4 rings (SSSR count). The summed E-state index contributed by atoms with van der Waals surface area (Å²) in [6.07, 6.45) is 1.35. The van der Waals surface area contributed by atoms with Gasteiger partial charge in [0.05, 0.1) is 16.8 Å². The minimum absolute atomic E-state index is 0.202. The highest BCUT2D eigenvalue weighted by atomic mass is 16.4. The Labute approximate surface area is 205 Å². The molecule has 1 saturated heterocycles. The van der Waals surface area contributed by atoms with Crippen LogP contribution in [-0.2, 0) is 9.59 Å². The Morgan fingerprint density at radius 1 is 0.861 bits per heavy atom. The predicted octanol–water partition coefficient (Wildman–Crippen LogP) is 3.47. The van der Waals surface area contributed by atoms with Crippen molar-refractivity contribution in [3.8, 4) is 5.69 Å².